The number of hydrazone groups is 1. The molecule has 2 amide bonds. The maximum Gasteiger partial charge on any atom is 0.337 e. The van der Waals surface area contributed by atoms with Gasteiger partial charge >= 0.3 is 18.0 Å². The van der Waals surface area contributed by atoms with Crippen LogP contribution in [-0.4, -0.2) is 68.1 Å². The highest BCUT2D eigenvalue weighted by Gasteiger charge is 2.32. The third-order valence-corrected chi connectivity index (χ3v) is 6.89. The summed E-state index contributed by atoms with van der Waals surface area (Å²) in [5.41, 5.74) is 5.45. The smallest absolute Gasteiger partial charge is 0.337 e. The van der Waals surface area contributed by atoms with Crippen molar-refractivity contribution in [1.82, 2.24) is 16.1 Å². The summed E-state index contributed by atoms with van der Waals surface area (Å²) < 4.78 is 27.7. The molecule has 2 atom stereocenters. The Balaban J connectivity index is 1.35. The minimum absolute atomic E-state index is 0.184. The number of hydrogen-bond donors (Lipinski definition) is 5. The molecule has 0 aliphatic carbocycles. The Morgan fingerprint density at radius 3 is 2.38 bits per heavy atom. The molecule has 0 saturated heterocycles. The van der Waals surface area contributed by atoms with Crippen LogP contribution in [0.3, 0.4) is 0 Å². The van der Waals surface area contributed by atoms with Crippen LogP contribution in [0.4, 0.5) is 4.79 Å². The predicted octanol–water partition coefficient (Wildman–Crippen LogP) is 3.49. The fourth-order valence-electron chi connectivity index (χ4n) is 4.61. The van der Waals surface area contributed by atoms with E-state index in [0.29, 0.717) is 46.4 Å². The third kappa shape index (κ3) is 8.92. The number of ether oxygens (including phenoxy) is 5. The number of nitrogens with one attached hydrogen (secondary N) is 3. The molecule has 248 valence electrons. The number of esters is 1. The van der Waals surface area contributed by atoms with Crippen molar-refractivity contribution in [2.45, 2.75) is 32.7 Å². The lowest BCUT2D eigenvalue weighted by Gasteiger charge is -2.28. The molecule has 0 spiro atoms. The maximum atomic E-state index is 12.4. The number of methoxy groups -OCH3 is 2. The van der Waals surface area contributed by atoms with E-state index in [2.05, 4.69) is 21.2 Å². The second-order valence-corrected chi connectivity index (χ2v) is 10.1. The van der Waals surface area contributed by atoms with Crippen LogP contribution in [0.15, 0.2) is 77.0 Å². The van der Waals surface area contributed by atoms with Gasteiger partial charge in [-0.15, -0.1) is 0 Å². The number of carbonyl (C=O) groups is 3. The highest BCUT2D eigenvalue weighted by molar-refractivity contribution is 5.95. The van der Waals surface area contributed by atoms with Crippen molar-refractivity contribution in [3.8, 4) is 23.0 Å². The molecule has 47 heavy (non-hydrogen) atoms. The number of aliphatic hydroxyl groups is 1. The van der Waals surface area contributed by atoms with E-state index in [1.165, 1.54) is 32.6 Å². The molecule has 3 aromatic rings. The van der Waals surface area contributed by atoms with Gasteiger partial charge in [0.2, 0.25) is 0 Å². The summed E-state index contributed by atoms with van der Waals surface area (Å²) in [7, 11) is 2.77. The summed E-state index contributed by atoms with van der Waals surface area (Å²) in [6.07, 6.45) is 0.306. The number of urea groups is 1. The normalized spacial score (nSPS) is 14.9. The number of aliphatic hydroxyl groups excluding tert-OH is 1. The van der Waals surface area contributed by atoms with Gasteiger partial charge in [-0.3, -0.25) is 5.43 Å². The van der Waals surface area contributed by atoms with E-state index in [-0.39, 0.29) is 24.4 Å². The van der Waals surface area contributed by atoms with Gasteiger partial charge in [0.25, 0.3) is 0 Å². The van der Waals surface area contributed by atoms with Crippen LogP contribution in [0.5, 0.6) is 23.0 Å². The van der Waals surface area contributed by atoms with Crippen LogP contribution in [0.1, 0.15) is 46.9 Å². The summed E-state index contributed by atoms with van der Waals surface area (Å²) in [5.74, 6) is 0.0440. The van der Waals surface area contributed by atoms with Gasteiger partial charge in [-0.1, -0.05) is 18.2 Å². The molecule has 1 aliphatic rings. The Hall–Kier alpha value is -5.76. The van der Waals surface area contributed by atoms with Gasteiger partial charge in [0.1, 0.15) is 13.2 Å². The zero-order valence-electron chi connectivity index (χ0n) is 26.2. The molecule has 5 N–H and O–H groups in total. The van der Waals surface area contributed by atoms with E-state index >= 15 is 0 Å². The number of rotatable bonds is 15. The van der Waals surface area contributed by atoms with Gasteiger partial charge in [-0.25, -0.2) is 14.4 Å². The minimum atomic E-state index is -1.18. The lowest BCUT2D eigenvalue weighted by Crippen LogP contribution is -2.45. The average molecular weight is 649 g/mol. The van der Waals surface area contributed by atoms with Crippen molar-refractivity contribution >= 4 is 24.2 Å². The van der Waals surface area contributed by atoms with Crippen LogP contribution in [0, 0.1) is 0 Å². The molecular formula is C33H36N4O10. The Labute approximate surface area is 270 Å². The van der Waals surface area contributed by atoms with E-state index in [1.54, 1.807) is 62.4 Å². The highest BCUT2D eigenvalue weighted by atomic mass is 16.5. The molecular weight excluding hydrogens is 612 g/mol. The largest absolute Gasteiger partial charge is 0.493 e. The quantitative estimate of drug-likeness (QED) is 0.0703. The Morgan fingerprint density at radius 1 is 0.979 bits per heavy atom. The van der Waals surface area contributed by atoms with Crippen LogP contribution in [0.2, 0.25) is 0 Å². The number of allylic oxidation sites excluding steroid dienone is 1. The van der Waals surface area contributed by atoms with Gasteiger partial charge in [0.05, 0.1) is 44.2 Å². The number of aromatic carboxylic acids is 1. The first-order chi connectivity index (χ1) is 22.6. The van der Waals surface area contributed by atoms with E-state index < -0.39 is 30.2 Å². The van der Waals surface area contributed by atoms with Crippen molar-refractivity contribution in [1.29, 1.82) is 0 Å². The molecule has 0 unspecified atom stereocenters. The number of carboxylic acid groups (broad SMARTS) is 1. The molecule has 1 heterocycles. The number of carboxylic acids is 1. The van der Waals surface area contributed by atoms with Gasteiger partial charge in [-0.2, -0.15) is 5.10 Å². The van der Waals surface area contributed by atoms with Gasteiger partial charge in [0, 0.05) is 5.70 Å². The predicted molar refractivity (Wildman–Crippen MR) is 170 cm³/mol. The van der Waals surface area contributed by atoms with E-state index in [0.717, 1.165) is 5.56 Å². The van der Waals surface area contributed by atoms with Crippen LogP contribution in [-0.2, 0) is 16.1 Å². The fraction of sp³-hybridized carbons (Fsp3) is 0.273. The van der Waals surface area contributed by atoms with Crippen LogP contribution < -0.4 is 35.0 Å². The molecule has 0 bridgehead atoms. The molecule has 1 aliphatic heterocycles. The lowest BCUT2D eigenvalue weighted by molar-refractivity contribution is -0.136. The standard InChI is InChI=1S/C33H36N4O10/c1-5-45-27-15-23(30-29(32(41)44-4)19(2)35-33(42)36-30)11-13-25(27)47-18-28(38)37-34-16-21-8-12-24(26(14-21)43-3)46-17-20-6-9-22(10-7-20)31(39)40/h6-16,28,30,37-38H,5,17-18H2,1-4H3,(H,39,40)(H2,35,36,42)/b34-16-/t28-,30-/m0/s1. The first-order valence-corrected chi connectivity index (χ1v) is 14.5. The third-order valence-electron chi connectivity index (χ3n) is 6.89. The molecule has 14 nitrogen and oxygen atoms in total. The zero-order valence-corrected chi connectivity index (χ0v) is 26.2. The molecule has 0 fully saturated rings. The van der Waals surface area contributed by atoms with E-state index in [1.807, 2.05) is 0 Å². The number of hydrogen-bond acceptors (Lipinski definition) is 11. The molecule has 0 radical (unpaired) electrons. The zero-order chi connectivity index (χ0) is 33.9. The van der Waals surface area contributed by atoms with E-state index in [4.69, 9.17) is 28.8 Å². The number of amides is 2. The van der Waals surface area contributed by atoms with Gasteiger partial charge < -0.3 is 44.5 Å². The lowest BCUT2D eigenvalue weighted by atomic mass is 9.95. The molecule has 4 rings (SSSR count). The van der Waals surface area contributed by atoms with E-state index in [9.17, 15) is 19.5 Å². The van der Waals surface area contributed by atoms with Gasteiger partial charge in [0.15, 0.2) is 29.2 Å². The summed E-state index contributed by atoms with van der Waals surface area (Å²) in [6, 6.07) is 15.3. The minimum Gasteiger partial charge on any atom is -0.493 e. The van der Waals surface area contributed by atoms with Crippen molar-refractivity contribution in [3.63, 3.8) is 0 Å². The Morgan fingerprint density at radius 2 is 1.70 bits per heavy atom. The second kappa shape index (κ2) is 16.0. The molecule has 3 aromatic carbocycles. The monoisotopic (exact) mass is 648 g/mol. The first-order valence-electron chi connectivity index (χ1n) is 14.5. The SMILES string of the molecule is CCOc1cc([C@@H]2NC(=O)NC(C)=C2C(=O)OC)ccc1OC[C@H](O)N/N=C\c1ccc(OCc2ccc(C(=O)O)cc2)c(OC)c1. The van der Waals surface area contributed by atoms with Crippen molar-refractivity contribution in [3.05, 3.63) is 94.2 Å². The second-order valence-electron chi connectivity index (χ2n) is 10.1. The van der Waals surface area contributed by atoms with Gasteiger partial charge in [-0.05, 0) is 73.0 Å². The summed E-state index contributed by atoms with van der Waals surface area (Å²) in [5, 5.41) is 28.9. The first kappa shape index (κ1) is 34.1. The van der Waals surface area contributed by atoms with Crippen molar-refractivity contribution in [2.75, 3.05) is 27.4 Å². The number of carbonyl (C=O) groups excluding carboxylic acids is 2. The maximum absolute atomic E-state index is 12.4. The molecule has 14 heteroatoms. The summed E-state index contributed by atoms with van der Waals surface area (Å²) in [6.45, 7) is 3.76. The topological polar surface area (TPSA) is 186 Å². The Kier molecular flexibility index (Phi) is 11.6. The molecule has 0 aromatic heterocycles. The fourth-order valence-corrected chi connectivity index (χ4v) is 4.61. The number of benzene rings is 3. The average Bonchev–Trinajstić information content (AvgIpc) is 3.06. The van der Waals surface area contributed by atoms with Crippen LogP contribution >= 0.6 is 0 Å². The van der Waals surface area contributed by atoms with Crippen molar-refractivity contribution in [2.24, 2.45) is 5.10 Å². The Bertz CT molecular complexity index is 1660. The molecule has 0 saturated carbocycles. The van der Waals surface area contributed by atoms with Crippen molar-refractivity contribution < 1.29 is 48.3 Å². The highest BCUT2D eigenvalue weighted by Crippen LogP contribution is 2.35. The summed E-state index contributed by atoms with van der Waals surface area (Å²) in [4.78, 5) is 35.6. The van der Waals surface area contributed by atoms with Crippen LogP contribution in [0.25, 0.3) is 0 Å². The summed E-state index contributed by atoms with van der Waals surface area (Å²) >= 11 is 0. The number of nitrogens with zero attached hydrogens (tertiary/aromatic N) is 1.